The average molecular weight is 477 g/mol. The van der Waals surface area contributed by atoms with Crippen molar-refractivity contribution >= 4 is 5.78 Å². The van der Waals surface area contributed by atoms with Crippen LogP contribution < -0.4 is 0 Å². The fourth-order valence-corrected chi connectivity index (χ4v) is 10.1. The van der Waals surface area contributed by atoms with Crippen molar-refractivity contribution in [1.29, 1.82) is 0 Å². The minimum Gasteiger partial charge on any atom is -0.393 e. The smallest absolute Gasteiger partial charge is 0.195 e. The van der Waals surface area contributed by atoms with Gasteiger partial charge in [0.2, 0.25) is 0 Å². The zero-order valence-electron chi connectivity index (χ0n) is 21.5. The molecule has 6 nitrogen and oxygen atoms in total. The molecule has 0 amide bonds. The summed E-state index contributed by atoms with van der Waals surface area (Å²) in [4.78, 5) is 13.6. The maximum Gasteiger partial charge on any atom is 0.195 e. The Kier molecular flexibility index (Phi) is 4.95. The van der Waals surface area contributed by atoms with Crippen LogP contribution in [0.2, 0.25) is 0 Å². The molecule has 6 rings (SSSR count). The van der Waals surface area contributed by atoms with E-state index in [1.54, 1.807) is 6.92 Å². The summed E-state index contributed by atoms with van der Waals surface area (Å²) in [5, 5.41) is 32.6. The zero-order chi connectivity index (χ0) is 24.5. The van der Waals surface area contributed by atoms with Crippen LogP contribution in [0.15, 0.2) is 0 Å². The van der Waals surface area contributed by atoms with E-state index in [9.17, 15) is 20.1 Å². The molecule has 0 aromatic carbocycles. The first-order chi connectivity index (χ1) is 15.7. The van der Waals surface area contributed by atoms with Crippen molar-refractivity contribution in [3.8, 4) is 0 Å². The summed E-state index contributed by atoms with van der Waals surface area (Å²) >= 11 is 0. The van der Waals surface area contributed by atoms with Crippen molar-refractivity contribution in [2.24, 2.45) is 46.3 Å². The van der Waals surface area contributed by atoms with Crippen LogP contribution in [-0.4, -0.2) is 50.5 Å². The van der Waals surface area contributed by atoms with Gasteiger partial charge in [-0.05, 0) is 85.9 Å². The van der Waals surface area contributed by atoms with Crippen molar-refractivity contribution < 1.29 is 29.6 Å². The van der Waals surface area contributed by atoms with Crippen LogP contribution in [0, 0.1) is 46.3 Å². The molecule has 4 aliphatic carbocycles. The van der Waals surface area contributed by atoms with Crippen molar-refractivity contribution in [3.05, 3.63) is 0 Å². The van der Waals surface area contributed by atoms with Gasteiger partial charge in [0.1, 0.15) is 11.4 Å². The minimum absolute atomic E-state index is 0.00516. The van der Waals surface area contributed by atoms with Crippen molar-refractivity contribution in [3.63, 3.8) is 0 Å². The number of fused-ring (bicyclic) bond motifs is 7. The molecule has 2 saturated heterocycles. The number of carbonyl (C=O) groups is 1. The Morgan fingerprint density at radius 1 is 0.971 bits per heavy atom. The van der Waals surface area contributed by atoms with Gasteiger partial charge in [-0.3, -0.25) is 4.79 Å². The molecule has 6 fully saturated rings. The molecule has 4 saturated carbocycles. The second kappa shape index (κ2) is 7.06. The van der Waals surface area contributed by atoms with Gasteiger partial charge >= 0.3 is 0 Å². The van der Waals surface area contributed by atoms with E-state index in [0.717, 1.165) is 38.5 Å². The molecule has 34 heavy (non-hydrogen) atoms. The van der Waals surface area contributed by atoms with Crippen LogP contribution in [0.25, 0.3) is 0 Å². The first-order valence-electron chi connectivity index (χ1n) is 13.8. The number of aliphatic hydroxyl groups excluding tert-OH is 1. The Labute approximate surface area is 203 Å². The van der Waals surface area contributed by atoms with E-state index in [1.807, 2.05) is 13.8 Å². The molecule has 6 aliphatic rings. The first-order valence-corrected chi connectivity index (χ1v) is 13.8. The number of Topliss-reactive ketones (excluding diaryl/α,β-unsaturated/α-hetero) is 1. The van der Waals surface area contributed by atoms with Gasteiger partial charge in [-0.2, -0.15) is 0 Å². The van der Waals surface area contributed by atoms with E-state index in [0.29, 0.717) is 36.4 Å². The Balaban J connectivity index is 1.27. The number of rotatable bonds is 1. The molecule has 0 unspecified atom stereocenters. The number of ketones is 1. The van der Waals surface area contributed by atoms with Gasteiger partial charge in [0, 0.05) is 25.2 Å². The predicted octanol–water partition coefficient (Wildman–Crippen LogP) is 3.80. The molecule has 2 aliphatic heterocycles. The largest absolute Gasteiger partial charge is 0.393 e. The lowest BCUT2D eigenvalue weighted by Crippen LogP contribution is -2.57. The van der Waals surface area contributed by atoms with E-state index in [-0.39, 0.29) is 47.2 Å². The summed E-state index contributed by atoms with van der Waals surface area (Å²) in [6.07, 6.45) is 7.02. The summed E-state index contributed by atoms with van der Waals surface area (Å²) < 4.78 is 12.8. The average Bonchev–Trinajstić information content (AvgIpc) is 3.28. The fraction of sp³-hybridized carbons (Fsp3) is 0.964. The monoisotopic (exact) mass is 476 g/mol. The normalized spacial score (nSPS) is 60.9. The molecule has 6 heteroatoms. The van der Waals surface area contributed by atoms with E-state index < -0.39 is 17.2 Å². The van der Waals surface area contributed by atoms with Crippen LogP contribution in [0.5, 0.6) is 0 Å². The third-order valence-corrected chi connectivity index (χ3v) is 12.2. The number of ether oxygens (including phenoxy) is 2. The molecule has 0 aromatic rings. The SMILES string of the molecule is CC(C)[C@@]1(O)C[C@]2(C[C@H]3[C@@H](C[C@@H]4[C@H]5C(=O)C[C@@H]6C[C@@H](O)CC[C@]6(C)[C@@H]5CC[C@@]43C)O2)O[C@@]1(C)O. The standard InChI is InChI=1S/C28H44O6/c1-15(2)28(32)14-27(34-26(28,5)31)13-20-22(33-27)12-19-23-18(7-9-25(19,20)4)24(3)8-6-17(29)10-16(24)11-21(23)30/h15-20,22-23,29,31-32H,6-14H2,1-5H3/t16-,17-,18+,19+,20-,22+,23-,24-,25-,26+,27-,28-/m0/s1. The van der Waals surface area contributed by atoms with Gasteiger partial charge in [-0.25, -0.2) is 0 Å². The molecule has 0 radical (unpaired) electrons. The lowest BCUT2D eigenvalue weighted by atomic mass is 9.44. The van der Waals surface area contributed by atoms with Gasteiger partial charge in [0.05, 0.1) is 12.2 Å². The van der Waals surface area contributed by atoms with Gasteiger partial charge in [0.15, 0.2) is 11.6 Å². The second-order valence-electron chi connectivity index (χ2n) is 14.0. The highest BCUT2D eigenvalue weighted by Gasteiger charge is 2.72. The maximum atomic E-state index is 13.6. The molecule has 1 spiro atoms. The van der Waals surface area contributed by atoms with Crippen LogP contribution in [0.3, 0.4) is 0 Å². The van der Waals surface area contributed by atoms with Crippen LogP contribution in [0.1, 0.15) is 92.4 Å². The van der Waals surface area contributed by atoms with Gasteiger partial charge in [-0.15, -0.1) is 0 Å². The summed E-state index contributed by atoms with van der Waals surface area (Å²) in [6, 6.07) is 0. The number of hydrogen-bond acceptors (Lipinski definition) is 6. The van der Waals surface area contributed by atoms with Gasteiger partial charge < -0.3 is 24.8 Å². The summed E-state index contributed by atoms with van der Waals surface area (Å²) in [6.45, 7) is 10.2. The molecular formula is C28H44O6. The third-order valence-electron chi connectivity index (χ3n) is 12.2. The predicted molar refractivity (Wildman–Crippen MR) is 125 cm³/mol. The van der Waals surface area contributed by atoms with Crippen molar-refractivity contribution in [1.82, 2.24) is 0 Å². The highest BCUT2D eigenvalue weighted by molar-refractivity contribution is 5.83. The summed E-state index contributed by atoms with van der Waals surface area (Å²) in [7, 11) is 0. The fourth-order valence-electron chi connectivity index (χ4n) is 10.1. The van der Waals surface area contributed by atoms with E-state index >= 15 is 0 Å². The first kappa shape index (κ1) is 23.8. The van der Waals surface area contributed by atoms with Crippen molar-refractivity contribution in [2.75, 3.05) is 0 Å². The Morgan fingerprint density at radius 3 is 2.35 bits per heavy atom. The highest BCUT2D eigenvalue weighted by Crippen LogP contribution is 2.70. The topological polar surface area (TPSA) is 96.2 Å². The molecule has 12 atom stereocenters. The molecule has 2 heterocycles. The second-order valence-corrected chi connectivity index (χ2v) is 14.0. The Bertz CT molecular complexity index is 886. The molecular weight excluding hydrogens is 432 g/mol. The van der Waals surface area contributed by atoms with E-state index in [4.69, 9.17) is 9.47 Å². The number of carbonyl (C=O) groups excluding carboxylic acids is 1. The molecule has 192 valence electrons. The maximum absolute atomic E-state index is 13.6. The molecule has 3 N–H and O–H groups in total. The van der Waals surface area contributed by atoms with Crippen LogP contribution in [0.4, 0.5) is 0 Å². The Hall–Kier alpha value is -0.530. The lowest BCUT2D eigenvalue weighted by Gasteiger charge is -2.60. The summed E-state index contributed by atoms with van der Waals surface area (Å²) in [5.74, 6) is -0.919. The van der Waals surface area contributed by atoms with Crippen LogP contribution >= 0.6 is 0 Å². The molecule has 0 bridgehead atoms. The van der Waals surface area contributed by atoms with E-state index in [1.165, 1.54) is 0 Å². The van der Waals surface area contributed by atoms with E-state index in [2.05, 4.69) is 13.8 Å². The minimum atomic E-state index is -1.65. The molecule has 0 aromatic heterocycles. The number of hydrogen-bond donors (Lipinski definition) is 3. The van der Waals surface area contributed by atoms with Gasteiger partial charge in [0.25, 0.3) is 0 Å². The number of aliphatic hydroxyl groups is 3. The Morgan fingerprint density at radius 2 is 1.68 bits per heavy atom. The lowest BCUT2D eigenvalue weighted by molar-refractivity contribution is -0.318. The van der Waals surface area contributed by atoms with Crippen molar-refractivity contribution in [2.45, 2.75) is 122 Å². The third kappa shape index (κ3) is 2.89. The highest BCUT2D eigenvalue weighted by atomic mass is 16.8. The zero-order valence-corrected chi connectivity index (χ0v) is 21.5. The van der Waals surface area contributed by atoms with Gasteiger partial charge in [-0.1, -0.05) is 27.7 Å². The van der Waals surface area contributed by atoms with Crippen LogP contribution in [-0.2, 0) is 14.3 Å². The summed E-state index contributed by atoms with van der Waals surface area (Å²) in [5.41, 5.74) is -1.19. The quantitative estimate of drug-likeness (QED) is 0.533.